The fraction of sp³-hybridized carbons (Fsp3) is 0.235. The number of carbonyl (C=O) groups excluding carboxylic acids is 1. The zero-order valence-electron chi connectivity index (χ0n) is 13.8. The molecular formula is C17H17N3O5S. The summed E-state index contributed by atoms with van der Waals surface area (Å²) in [5, 5.41) is 5.41. The first-order valence-corrected chi connectivity index (χ1v) is 9.70. The number of carbonyl (C=O) groups is 1. The molecule has 2 N–H and O–H groups in total. The van der Waals surface area contributed by atoms with Gasteiger partial charge in [-0.15, -0.1) is 0 Å². The number of rotatable bonds is 3. The molecule has 2 aliphatic rings. The minimum atomic E-state index is -3.26. The van der Waals surface area contributed by atoms with E-state index in [0.29, 0.717) is 41.5 Å². The molecule has 0 unspecified atom stereocenters. The van der Waals surface area contributed by atoms with Crippen LogP contribution in [0.4, 0.5) is 21.9 Å². The molecule has 0 bridgehead atoms. The number of hydrogen-bond acceptors (Lipinski definition) is 5. The lowest BCUT2D eigenvalue weighted by Crippen LogP contribution is -2.25. The van der Waals surface area contributed by atoms with Crippen LogP contribution in [0.15, 0.2) is 42.5 Å². The van der Waals surface area contributed by atoms with Crippen LogP contribution in [0.25, 0.3) is 0 Å². The average molecular weight is 375 g/mol. The van der Waals surface area contributed by atoms with E-state index in [2.05, 4.69) is 10.6 Å². The van der Waals surface area contributed by atoms with Crippen LogP contribution < -0.4 is 24.4 Å². The standard InChI is InChI=1S/C17H17N3O5S/c21-17(19-13-5-6-15-16(10-13)25-11-24-15)18-12-3-1-4-14(9-12)20-7-2-8-26(20,22)23/h1,3-6,9-10H,2,7-8,11H2,(H2,18,19,21). The first-order chi connectivity index (χ1) is 12.5. The molecular weight excluding hydrogens is 358 g/mol. The second-order valence-corrected chi connectivity index (χ2v) is 7.95. The molecule has 8 nitrogen and oxygen atoms in total. The van der Waals surface area contributed by atoms with Crippen molar-refractivity contribution < 1.29 is 22.7 Å². The molecule has 1 fully saturated rings. The predicted octanol–water partition coefficient (Wildman–Crippen LogP) is 2.60. The van der Waals surface area contributed by atoms with E-state index in [0.717, 1.165) is 0 Å². The Morgan fingerprint density at radius 3 is 2.54 bits per heavy atom. The Kier molecular flexibility index (Phi) is 4.08. The van der Waals surface area contributed by atoms with Crippen molar-refractivity contribution in [2.24, 2.45) is 0 Å². The van der Waals surface area contributed by atoms with Crippen LogP contribution in [0, 0.1) is 0 Å². The molecule has 0 aliphatic carbocycles. The maximum Gasteiger partial charge on any atom is 0.323 e. The summed E-state index contributed by atoms with van der Waals surface area (Å²) in [6.07, 6.45) is 0.602. The lowest BCUT2D eigenvalue weighted by atomic mass is 10.2. The van der Waals surface area contributed by atoms with Gasteiger partial charge in [-0.2, -0.15) is 0 Å². The van der Waals surface area contributed by atoms with E-state index in [1.165, 1.54) is 4.31 Å². The summed E-state index contributed by atoms with van der Waals surface area (Å²) in [6, 6.07) is 11.4. The van der Waals surface area contributed by atoms with Crippen molar-refractivity contribution in [2.45, 2.75) is 6.42 Å². The van der Waals surface area contributed by atoms with Crippen LogP contribution in [-0.4, -0.2) is 33.5 Å². The molecule has 136 valence electrons. The third-order valence-electron chi connectivity index (χ3n) is 4.12. The van der Waals surface area contributed by atoms with E-state index < -0.39 is 16.1 Å². The van der Waals surface area contributed by atoms with Crippen LogP contribution in [-0.2, 0) is 10.0 Å². The van der Waals surface area contributed by atoms with Crippen molar-refractivity contribution in [3.8, 4) is 11.5 Å². The lowest BCUT2D eigenvalue weighted by molar-refractivity contribution is 0.174. The quantitative estimate of drug-likeness (QED) is 0.859. The SMILES string of the molecule is O=C(Nc1cccc(N2CCCS2(=O)=O)c1)Nc1ccc2c(c1)OCO2. The molecule has 0 spiro atoms. The molecule has 9 heteroatoms. The number of urea groups is 1. The van der Waals surface area contributed by atoms with E-state index in [1.807, 2.05) is 0 Å². The molecule has 26 heavy (non-hydrogen) atoms. The van der Waals surface area contributed by atoms with Gasteiger partial charge in [0.25, 0.3) is 0 Å². The zero-order valence-corrected chi connectivity index (χ0v) is 14.6. The van der Waals surface area contributed by atoms with Gasteiger partial charge in [-0.1, -0.05) is 6.07 Å². The zero-order chi connectivity index (χ0) is 18.1. The summed E-state index contributed by atoms with van der Waals surface area (Å²) in [7, 11) is -3.26. The Balaban J connectivity index is 1.45. The van der Waals surface area contributed by atoms with Crippen molar-refractivity contribution in [1.82, 2.24) is 0 Å². The summed E-state index contributed by atoms with van der Waals surface area (Å²) < 4.78 is 35.9. The number of anilines is 3. The van der Waals surface area contributed by atoms with Crippen LogP contribution in [0.3, 0.4) is 0 Å². The normalized spacial score (nSPS) is 17.2. The van der Waals surface area contributed by atoms with Crippen LogP contribution in [0.5, 0.6) is 11.5 Å². The number of sulfonamides is 1. The summed E-state index contributed by atoms with van der Waals surface area (Å²) in [6.45, 7) is 0.617. The maximum absolute atomic E-state index is 12.2. The van der Waals surface area contributed by atoms with Crippen molar-refractivity contribution in [1.29, 1.82) is 0 Å². The van der Waals surface area contributed by atoms with Crippen LogP contribution >= 0.6 is 0 Å². The molecule has 1 saturated heterocycles. The number of amides is 2. The number of benzene rings is 2. The van der Waals surface area contributed by atoms with E-state index in [9.17, 15) is 13.2 Å². The van der Waals surface area contributed by atoms with Gasteiger partial charge in [0.1, 0.15) is 0 Å². The Hall–Kier alpha value is -2.94. The minimum absolute atomic E-state index is 0.148. The molecule has 2 aliphatic heterocycles. The first-order valence-electron chi connectivity index (χ1n) is 8.09. The molecule has 2 aromatic carbocycles. The Bertz CT molecular complexity index is 961. The predicted molar refractivity (Wildman–Crippen MR) is 97.4 cm³/mol. The fourth-order valence-electron chi connectivity index (χ4n) is 2.94. The average Bonchev–Trinajstić information content (AvgIpc) is 3.20. The van der Waals surface area contributed by atoms with E-state index in [-0.39, 0.29) is 12.5 Å². The van der Waals surface area contributed by atoms with Gasteiger partial charge in [-0.3, -0.25) is 4.31 Å². The lowest BCUT2D eigenvalue weighted by Gasteiger charge is -2.18. The van der Waals surface area contributed by atoms with Crippen LogP contribution in [0.2, 0.25) is 0 Å². The van der Waals surface area contributed by atoms with E-state index in [4.69, 9.17) is 9.47 Å². The highest BCUT2D eigenvalue weighted by atomic mass is 32.2. The monoisotopic (exact) mass is 375 g/mol. The van der Waals surface area contributed by atoms with E-state index in [1.54, 1.807) is 42.5 Å². The highest BCUT2D eigenvalue weighted by Crippen LogP contribution is 2.34. The molecule has 0 atom stereocenters. The summed E-state index contributed by atoms with van der Waals surface area (Å²) in [5.41, 5.74) is 1.61. The van der Waals surface area contributed by atoms with Crippen molar-refractivity contribution >= 4 is 33.1 Å². The number of hydrogen-bond donors (Lipinski definition) is 2. The van der Waals surface area contributed by atoms with Gasteiger partial charge < -0.3 is 20.1 Å². The Morgan fingerprint density at radius 1 is 1.00 bits per heavy atom. The molecule has 4 rings (SSSR count). The van der Waals surface area contributed by atoms with Gasteiger partial charge in [-0.05, 0) is 36.8 Å². The van der Waals surface area contributed by atoms with Crippen molar-refractivity contribution in [3.63, 3.8) is 0 Å². The molecule has 2 aromatic rings. The summed E-state index contributed by atoms with van der Waals surface area (Å²) in [4.78, 5) is 12.2. The number of nitrogens with zero attached hydrogens (tertiary/aromatic N) is 1. The summed E-state index contributed by atoms with van der Waals surface area (Å²) in [5.74, 6) is 1.36. The van der Waals surface area contributed by atoms with Gasteiger partial charge in [0.15, 0.2) is 11.5 Å². The minimum Gasteiger partial charge on any atom is -0.454 e. The number of fused-ring (bicyclic) bond motifs is 1. The third-order valence-corrected chi connectivity index (χ3v) is 5.99. The molecule has 0 aromatic heterocycles. The van der Waals surface area contributed by atoms with Crippen LogP contribution in [0.1, 0.15) is 6.42 Å². The molecule has 2 amide bonds. The molecule has 0 saturated carbocycles. The maximum atomic E-state index is 12.2. The number of ether oxygens (including phenoxy) is 2. The third kappa shape index (κ3) is 3.25. The van der Waals surface area contributed by atoms with Gasteiger partial charge in [0, 0.05) is 24.0 Å². The van der Waals surface area contributed by atoms with Gasteiger partial charge in [0.05, 0.1) is 11.4 Å². The molecule has 0 radical (unpaired) electrons. The van der Waals surface area contributed by atoms with E-state index >= 15 is 0 Å². The second kappa shape index (κ2) is 6.41. The second-order valence-electron chi connectivity index (χ2n) is 5.94. The van der Waals surface area contributed by atoms with Gasteiger partial charge >= 0.3 is 6.03 Å². The first kappa shape index (κ1) is 16.5. The summed E-state index contributed by atoms with van der Waals surface area (Å²) >= 11 is 0. The number of nitrogens with one attached hydrogen (secondary N) is 2. The molecule has 2 heterocycles. The fourth-order valence-corrected chi connectivity index (χ4v) is 4.49. The van der Waals surface area contributed by atoms with Crippen molar-refractivity contribution in [3.05, 3.63) is 42.5 Å². The van der Waals surface area contributed by atoms with Crippen molar-refractivity contribution in [2.75, 3.05) is 34.0 Å². The van der Waals surface area contributed by atoms with Gasteiger partial charge in [-0.25, -0.2) is 13.2 Å². The highest BCUT2D eigenvalue weighted by Gasteiger charge is 2.28. The Morgan fingerprint density at radius 2 is 1.77 bits per heavy atom. The topological polar surface area (TPSA) is 97.0 Å². The van der Waals surface area contributed by atoms with Gasteiger partial charge in [0.2, 0.25) is 16.8 Å². The largest absolute Gasteiger partial charge is 0.454 e. The Labute approximate surface area is 150 Å². The highest BCUT2D eigenvalue weighted by molar-refractivity contribution is 7.93. The smallest absolute Gasteiger partial charge is 0.323 e.